The van der Waals surface area contributed by atoms with Crippen molar-refractivity contribution < 1.29 is 14.4 Å². The molecule has 1 aromatic rings. The zero-order valence-corrected chi connectivity index (χ0v) is 11.3. The molecule has 0 amide bonds. The maximum Gasteiger partial charge on any atom is 0.296 e. The summed E-state index contributed by atoms with van der Waals surface area (Å²) in [5, 5.41) is 11.2. The van der Waals surface area contributed by atoms with Gasteiger partial charge in [-0.2, -0.15) is 0 Å². The van der Waals surface area contributed by atoms with Crippen molar-refractivity contribution in [2.45, 2.75) is 26.1 Å². The average Bonchev–Trinajstić information content (AvgIpc) is 2.36. The summed E-state index contributed by atoms with van der Waals surface area (Å²) in [6, 6.07) is 4.94. The molecule has 2 rings (SSSR count). The van der Waals surface area contributed by atoms with Gasteiger partial charge in [-0.1, -0.05) is 0 Å². The molecule has 6 nitrogen and oxygen atoms in total. The highest BCUT2D eigenvalue weighted by Crippen LogP contribution is 2.33. The Morgan fingerprint density at radius 3 is 2.53 bits per heavy atom. The third kappa shape index (κ3) is 2.96. The molecule has 0 radical (unpaired) electrons. The van der Waals surface area contributed by atoms with Gasteiger partial charge in [-0.25, -0.2) is 0 Å². The summed E-state index contributed by atoms with van der Waals surface area (Å²) in [6.07, 6.45) is 0.121. The van der Waals surface area contributed by atoms with Crippen LogP contribution in [-0.4, -0.2) is 37.3 Å². The molecule has 104 valence electrons. The van der Waals surface area contributed by atoms with Gasteiger partial charge in [0.1, 0.15) is 11.4 Å². The molecule has 0 aromatic heterocycles. The predicted molar refractivity (Wildman–Crippen MR) is 71.9 cm³/mol. The summed E-state index contributed by atoms with van der Waals surface area (Å²) < 4.78 is 10.7. The Labute approximate surface area is 112 Å². The zero-order chi connectivity index (χ0) is 14.0. The van der Waals surface area contributed by atoms with Gasteiger partial charge in [-0.05, 0) is 26.0 Å². The van der Waals surface area contributed by atoms with Crippen LogP contribution in [0.4, 0.5) is 11.4 Å². The number of benzene rings is 1. The Bertz CT molecular complexity index is 468. The highest BCUT2D eigenvalue weighted by atomic mass is 16.6. The Kier molecular flexibility index (Phi) is 3.90. The topological polar surface area (TPSA) is 64.8 Å². The van der Waals surface area contributed by atoms with Gasteiger partial charge in [-0.15, -0.1) is 0 Å². The van der Waals surface area contributed by atoms with Crippen LogP contribution in [0, 0.1) is 10.1 Å². The lowest BCUT2D eigenvalue weighted by atomic mass is 10.1. The summed E-state index contributed by atoms with van der Waals surface area (Å²) in [5.41, 5.74) is 0.688. The van der Waals surface area contributed by atoms with Crippen LogP contribution in [0.3, 0.4) is 0 Å². The average molecular weight is 266 g/mol. The SMILES string of the molecule is COc1ccc(N2C[C@H](C)O[C@@H](C)C2)c([N+](=O)[O-])c1. The first-order chi connectivity index (χ1) is 9.01. The summed E-state index contributed by atoms with van der Waals surface area (Å²) in [4.78, 5) is 12.8. The Morgan fingerprint density at radius 1 is 1.37 bits per heavy atom. The van der Waals surface area contributed by atoms with Crippen molar-refractivity contribution >= 4 is 11.4 Å². The molecule has 0 aliphatic carbocycles. The van der Waals surface area contributed by atoms with Gasteiger partial charge < -0.3 is 14.4 Å². The van der Waals surface area contributed by atoms with Gasteiger partial charge in [0.2, 0.25) is 0 Å². The van der Waals surface area contributed by atoms with Crippen molar-refractivity contribution in [1.29, 1.82) is 0 Å². The Hall–Kier alpha value is -1.82. The number of morpholine rings is 1. The first-order valence-corrected chi connectivity index (χ1v) is 6.24. The zero-order valence-electron chi connectivity index (χ0n) is 11.3. The van der Waals surface area contributed by atoms with Gasteiger partial charge >= 0.3 is 0 Å². The van der Waals surface area contributed by atoms with Crippen LogP contribution < -0.4 is 9.64 Å². The molecule has 0 spiro atoms. The fourth-order valence-corrected chi connectivity index (χ4v) is 2.42. The van der Waals surface area contributed by atoms with Crippen LogP contribution in [0.1, 0.15) is 13.8 Å². The van der Waals surface area contributed by atoms with E-state index in [0.29, 0.717) is 24.5 Å². The normalized spacial score (nSPS) is 23.2. The molecular weight excluding hydrogens is 248 g/mol. The summed E-state index contributed by atoms with van der Waals surface area (Å²) in [5.74, 6) is 0.491. The van der Waals surface area contributed by atoms with E-state index < -0.39 is 0 Å². The molecule has 0 unspecified atom stereocenters. The summed E-state index contributed by atoms with van der Waals surface area (Å²) >= 11 is 0. The Morgan fingerprint density at radius 2 is 2.00 bits per heavy atom. The number of rotatable bonds is 3. The largest absolute Gasteiger partial charge is 0.496 e. The molecule has 1 fully saturated rings. The third-order valence-corrected chi connectivity index (χ3v) is 3.14. The van der Waals surface area contributed by atoms with Crippen molar-refractivity contribution in [1.82, 2.24) is 0 Å². The maximum atomic E-state index is 11.2. The van der Waals surface area contributed by atoms with E-state index in [0.717, 1.165) is 0 Å². The summed E-state index contributed by atoms with van der Waals surface area (Å²) in [7, 11) is 1.50. The van der Waals surface area contributed by atoms with Crippen molar-refractivity contribution in [3.63, 3.8) is 0 Å². The van der Waals surface area contributed by atoms with Crippen molar-refractivity contribution in [3.05, 3.63) is 28.3 Å². The molecule has 2 atom stereocenters. The number of anilines is 1. The molecule has 0 bridgehead atoms. The van der Waals surface area contributed by atoms with Gasteiger partial charge in [0.05, 0.1) is 30.3 Å². The van der Waals surface area contributed by atoms with E-state index >= 15 is 0 Å². The maximum absolute atomic E-state index is 11.2. The number of hydrogen-bond donors (Lipinski definition) is 0. The molecule has 6 heteroatoms. The number of methoxy groups -OCH3 is 1. The first kappa shape index (κ1) is 13.6. The highest BCUT2D eigenvalue weighted by molar-refractivity contribution is 5.65. The monoisotopic (exact) mass is 266 g/mol. The Balaban J connectivity index is 2.35. The number of nitro groups is 1. The molecule has 1 heterocycles. The highest BCUT2D eigenvalue weighted by Gasteiger charge is 2.27. The smallest absolute Gasteiger partial charge is 0.296 e. The molecule has 0 saturated carbocycles. The van der Waals surface area contributed by atoms with E-state index in [1.165, 1.54) is 13.2 Å². The predicted octanol–water partition coefficient (Wildman–Crippen LogP) is 2.22. The van der Waals surface area contributed by atoms with E-state index in [1.54, 1.807) is 12.1 Å². The van der Waals surface area contributed by atoms with Gasteiger partial charge in [0.15, 0.2) is 0 Å². The number of nitro benzene ring substituents is 1. The first-order valence-electron chi connectivity index (χ1n) is 6.24. The fourth-order valence-electron chi connectivity index (χ4n) is 2.42. The fraction of sp³-hybridized carbons (Fsp3) is 0.538. The second-order valence-corrected chi connectivity index (χ2v) is 4.77. The molecule has 1 saturated heterocycles. The van der Waals surface area contributed by atoms with Crippen LogP contribution in [0.5, 0.6) is 5.75 Å². The number of ether oxygens (including phenoxy) is 2. The van der Waals surface area contributed by atoms with E-state index in [2.05, 4.69) is 0 Å². The summed E-state index contributed by atoms with van der Waals surface area (Å²) in [6.45, 7) is 5.24. The lowest BCUT2D eigenvalue weighted by Gasteiger charge is -2.36. The molecule has 19 heavy (non-hydrogen) atoms. The van der Waals surface area contributed by atoms with Crippen LogP contribution in [0.2, 0.25) is 0 Å². The number of nitrogens with zero attached hydrogens (tertiary/aromatic N) is 2. The minimum Gasteiger partial charge on any atom is -0.496 e. The van der Waals surface area contributed by atoms with Gasteiger partial charge in [0, 0.05) is 13.1 Å². The van der Waals surface area contributed by atoms with Crippen LogP contribution in [0.25, 0.3) is 0 Å². The van der Waals surface area contributed by atoms with E-state index in [-0.39, 0.29) is 22.8 Å². The lowest BCUT2D eigenvalue weighted by Crippen LogP contribution is -2.45. The van der Waals surface area contributed by atoms with Crippen molar-refractivity contribution in [3.8, 4) is 5.75 Å². The van der Waals surface area contributed by atoms with Crippen LogP contribution in [0.15, 0.2) is 18.2 Å². The van der Waals surface area contributed by atoms with Crippen molar-refractivity contribution in [2.75, 3.05) is 25.1 Å². The third-order valence-electron chi connectivity index (χ3n) is 3.14. The standard InChI is InChI=1S/C13H18N2O4/c1-9-7-14(8-10(2)19-9)12-5-4-11(18-3)6-13(12)15(16)17/h4-6,9-10H,7-8H2,1-3H3/t9-,10-/m0/s1. The van der Waals surface area contributed by atoms with Crippen LogP contribution in [-0.2, 0) is 4.74 Å². The second-order valence-electron chi connectivity index (χ2n) is 4.77. The second kappa shape index (κ2) is 5.44. The van der Waals surface area contributed by atoms with E-state index in [9.17, 15) is 10.1 Å². The van der Waals surface area contributed by atoms with Gasteiger partial charge in [-0.3, -0.25) is 10.1 Å². The van der Waals surface area contributed by atoms with E-state index in [1.807, 2.05) is 18.7 Å². The molecule has 1 aromatic carbocycles. The molecule has 1 aliphatic rings. The number of hydrogen-bond acceptors (Lipinski definition) is 5. The lowest BCUT2D eigenvalue weighted by molar-refractivity contribution is -0.384. The quantitative estimate of drug-likeness (QED) is 0.620. The van der Waals surface area contributed by atoms with Gasteiger partial charge in [0.25, 0.3) is 5.69 Å². The minimum absolute atomic E-state index is 0.0606. The molecular formula is C13H18N2O4. The molecule has 1 aliphatic heterocycles. The van der Waals surface area contributed by atoms with Crippen LogP contribution >= 0.6 is 0 Å². The van der Waals surface area contributed by atoms with Crippen molar-refractivity contribution in [2.24, 2.45) is 0 Å². The molecule has 0 N–H and O–H groups in total. The minimum atomic E-state index is -0.372. The van der Waals surface area contributed by atoms with E-state index in [4.69, 9.17) is 9.47 Å².